The highest BCUT2D eigenvalue weighted by atomic mass is 16.5. The number of anilines is 1. The molecule has 0 aliphatic rings. The summed E-state index contributed by atoms with van der Waals surface area (Å²) in [6.45, 7) is 4.09. The van der Waals surface area contributed by atoms with Crippen molar-refractivity contribution in [1.29, 1.82) is 0 Å². The standard InChI is InChI=1S/C21H27N3O3/c1-5-27-18-12-11-16(21(26)24(3)4)13-17(18)23-20(25)14(2)19(22)15-9-7-6-8-10-15/h6-14,19H,5,22H2,1-4H3,(H,23,25). The minimum atomic E-state index is -0.463. The summed E-state index contributed by atoms with van der Waals surface area (Å²) in [5.41, 5.74) is 8.08. The molecule has 2 amide bonds. The molecule has 2 unspecified atom stereocenters. The van der Waals surface area contributed by atoms with Crippen molar-refractivity contribution in [2.45, 2.75) is 19.9 Å². The van der Waals surface area contributed by atoms with Crippen LogP contribution in [0.2, 0.25) is 0 Å². The number of hydrogen-bond acceptors (Lipinski definition) is 4. The van der Waals surface area contributed by atoms with Gasteiger partial charge in [0.25, 0.3) is 5.91 Å². The highest BCUT2D eigenvalue weighted by Gasteiger charge is 2.23. The Kier molecular flexibility index (Phi) is 6.96. The molecule has 6 heteroatoms. The summed E-state index contributed by atoms with van der Waals surface area (Å²) in [6.07, 6.45) is 0. The van der Waals surface area contributed by atoms with Gasteiger partial charge in [-0.2, -0.15) is 0 Å². The molecule has 144 valence electrons. The first-order valence-corrected chi connectivity index (χ1v) is 8.95. The van der Waals surface area contributed by atoms with E-state index >= 15 is 0 Å². The molecule has 0 bridgehead atoms. The van der Waals surface area contributed by atoms with E-state index < -0.39 is 12.0 Å². The molecule has 6 nitrogen and oxygen atoms in total. The minimum Gasteiger partial charge on any atom is -0.492 e. The smallest absolute Gasteiger partial charge is 0.253 e. The predicted molar refractivity (Wildman–Crippen MR) is 107 cm³/mol. The van der Waals surface area contributed by atoms with Crippen molar-refractivity contribution in [2.75, 3.05) is 26.0 Å². The van der Waals surface area contributed by atoms with E-state index in [1.807, 2.05) is 37.3 Å². The number of benzene rings is 2. The van der Waals surface area contributed by atoms with Crippen molar-refractivity contribution < 1.29 is 14.3 Å². The molecule has 0 radical (unpaired) electrons. The third-order valence-electron chi connectivity index (χ3n) is 4.33. The van der Waals surface area contributed by atoms with Crippen molar-refractivity contribution in [3.63, 3.8) is 0 Å². The summed E-state index contributed by atoms with van der Waals surface area (Å²) in [5.74, 6) is -0.332. The Morgan fingerprint density at radius 3 is 2.41 bits per heavy atom. The van der Waals surface area contributed by atoms with Gasteiger partial charge in [0, 0.05) is 25.7 Å². The highest BCUT2D eigenvalue weighted by Crippen LogP contribution is 2.28. The van der Waals surface area contributed by atoms with Crippen molar-refractivity contribution in [2.24, 2.45) is 11.7 Å². The number of amides is 2. The molecule has 2 aromatic carbocycles. The van der Waals surface area contributed by atoms with E-state index in [4.69, 9.17) is 10.5 Å². The lowest BCUT2D eigenvalue weighted by Crippen LogP contribution is -2.30. The summed E-state index contributed by atoms with van der Waals surface area (Å²) in [5, 5.41) is 2.87. The van der Waals surface area contributed by atoms with Crippen LogP contribution in [0, 0.1) is 5.92 Å². The van der Waals surface area contributed by atoms with Gasteiger partial charge in [0.1, 0.15) is 5.75 Å². The fraction of sp³-hybridized carbons (Fsp3) is 0.333. The number of carbonyl (C=O) groups excluding carboxylic acids is 2. The Morgan fingerprint density at radius 2 is 1.81 bits per heavy atom. The molecular weight excluding hydrogens is 342 g/mol. The molecule has 3 N–H and O–H groups in total. The molecule has 0 saturated heterocycles. The van der Waals surface area contributed by atoms with Crippen LogP contribution in [0.3, 0.4) is 0 Å². The lowest BCUT2D eigenvalue weighted by atomic mass is 9.94. The Morgan fingerprint density at radius 1 is 1.15 bits per heavy atom. The van der Waals surface area contributed by atoms with Crippen molar-refractivity contribution >= 4 is 17.5 Å². The van der Waals surface area contributed by atoms with E-state index in [-0.39, 0.29) is 11.8 Å². The van der Waals surface area contributed by atoms with Crippen molar-refractivity contribution in [3.05, 3.63) is 59.7 Å². The van der Waals surface area contributed by atoms with Gasteiger partial charge in [-0.3, -0.25) is 9.59 Å². The molecule has 0 aliphatic carbocycles. The number of hydrogen-bond donors (Lipinski definition) is 2. The van der Waals surface area contributed by atoms with Crippen LogP contribution in [0.15, 0.2) is 48.5 Å². The maximum Gasteiger partial charge on any atom is 0.253 e. The zero-order chi connectivity index (χ0) is 20.0. The molecule has 0 aliphatic heterocycles. The largest absolute Gasteiger partial charge is 0.492 e. The van der Waals surface area contributed by atoms with E-state index in [0.29, 0.717) is 23.6 Å². The molecule has 0 saturated carbocycles. The van der Waals surface area contributed by atoms with Crippen LogP contribution in [-0.2, 0) is 4.79 Å². The third kappa shape index (κ3) is 5.08. The van der Waals surface area contributed by atoms with Gasteiger partial charge in [-0.25, -0.2) is 0 Å². The van der Waals surface area contributed by atoms with Crippen LogP contribution >= 0.6 is 0 Å². The highest BCUT2D eigenvalue weighted by molar-refractivity contribution is 5.98. The van der Waals surface area contributed by atoms with Crippen LogP contribution < -0.4 is 15.8 Å². The number of nitrogens with zero attached hydrogens (tertiary/aromatic N) is 1. The fourth-order valence-corrected chi connectivity index (χ4v) is 2.67. The van der Waals surface area contributed by atoms with Crippen LogP contribution in [0.25, 0.3) is 0 Å². The monoisotopic (exact) mass is 369 g/mol. The molecule has 2 aromatic rings. The Hall–Kier alpha value is -2.86. The molecular formula is C21H27N3O3. The summed E-state index contributed by atoms with van der Waals surface area (Å²) in [6, 6.07) is 14.1. The summed E-state index contributed by atoms with van der Waals surface area (Å²) >= 11 is 0. The molecule has 0 heterocycles. The number of rotatable bonds is 7. The molecule has 0 fully saturated rings. The van der Waals surface area contributed by atoms with Gasteiger partial charge >= 0.3 is 0 Å². The van der Waals surface area contributed by atoms with Gasteiger partial charge in [0.2, 0.25) is 5.91 Å². The number of nitrogens with one attached hydrogen (secondary N) is 1. The average molecular weight is 369 g/mol. The topological polar surface area (TPSA) is 84.7 Å². The lowest BCUT2D eigenvalue weighted by molar-refractivity contribution is -0.120. The van der Waals surface area contributed by atoms with Gasteiger partial charge in [0.05, 0.1) is 18.2 Å². The van der Waals surface area contributed by atoms with E-state index in [9.17, 15) is 9.59 Å². The van der Waals surface area contributed by atoms with Crippen LogP contribution in [0.1, 0.15) is 35.8 Å². The zero-order valence-electron chi connectivity index (χ0n) is 16.2. The van der Waals surface area contributed by atoms with E-state index in [2.05, 4.69) is 5.32 Å². The van der Waals surface area contributed by atoms with E-state index in [1.165, 1.54) is 4.90 Å². The fourth-order valence-electron chi connectivity index (χ4n) is 2.67. The Bertz CT molecular complexity index is 791. The zero-order valence-corrected chi connectivity index (χ0v) is 16.2. The average Bonchev–Trinajstić information content (AvgIpc) is 2.68. The first kappa shape index (κ1) is 20.5. The van der Waals surface area contributed by atoms with Crippen LogP contribution in [-0.4, -0.2) is 37.4 Å². The quantitative estimate of drug-likeness (QED) is 0.785. The Labute approximate surface area is 160 Å². The van der Waals surface area contributed by atoms with Gasteiger partial charge in [-0.1, -0.05) is 37.3 Å². The van der Waals surface area contributed by atoms with Crippen molar-refractivity contribution in [1.82, 2.24) is 4.90 Å². The minimum absolute atomic E-state index is 0.150. The maximum absolute atomic E-state index is 12.8. The number of nitrogens with two attached hydrogens (primary N) is 1. The van der Waals surface area contributed by atoms with Gasteiger partial charge < -0.3 is 20.7 Å². The molecule has 0 spiro atoms. The SMILES string of the molecule is CCOc1ccc(C(=O)N(C)C)cc1NC(=O)C(C)C(N)c1ccccc1. The molecule has 2 rings (SSSR count). The normalized spacial score (nSPS) is 12.8. The first-order chi connectivity index (χ1) is 12.8. The summed E-state index contributed by atoms with van der Waals surface area (Å²) in [4.78, 5) is 26.5. The second-order valence-corrected chi connectivity index (χ2v) is 6.56. The molecule has 0 aromatic heterocycles. The summed E-state index contributed by atoms with van der Waals surface area (Å²) in [7, 11) is 3.36. The molecule has 27 heavy (non-hydrogen) atoms. The number of carbonyl (C=O) groups is 2. The lowest BCUT2D eigenvalue weighted by Gasteiger charge is -2.21. The van der Waals surface area contributed by atoms with Gasteiger partial charge in [-0.15, -0.1) is 0 Å². The van der Waals surface area contributed by atoms with Gasteiger partial charge in [0.15, 0.2) is 0 Å². The summed E-state index contributed by atoms with van der Waals surface area (Å²) < 4.78 is 5.59. The third-order valence-corrected chi connectivity index (χ3v) is 4.33. The van der Waals surface area contributed by atoms with E-state index in [1.54, 1.807) is 39.2 Å². The van der Waals surface area contributed by atoms with Crippen LogP contribution in [0.5, 0.6) is 5.75 Å². The molecule has 2 atom stereocenters. The van der Waals surface area contributed by atoms with E-state index in [0.717, 1.165) is 5.56 Å². The maximum atomic E-state index is 12.8. The van der Waals surface area contributed by atoms with Crippen LogP contribution in [0.4, 0.5) is 5.69 Å². The van der Waals surface area contributed by atoms with Gasteiger partial charge in [-0.05, 0) is 30.7 Å². The number of ether oxygens (including phenoxy) is 1. The second-order valence-electron chi connectivity index (χ2n) is 6.56. The first-order valence-electron chi connectivity index (χ1n) is 8.95. The van der Waals surface area contributed by atoms with Crippen molar-refractivity contribution in [3.8, 4) is 5.75 Å². The second kappa shape index (κ2) is 9.19. The Balaban J connectivity index is 2.24. The predicted octanol–water partition coefficient (Wildman–Crippen LogP) is 3.06.